The molecule has 0 radical (unpaired) electrons. The van der Waals surface area contributed by atoms with Crippen molar-refractivity contribution >= 4 is 23.2 Å². The largest absolute Gasteiger partial charge is 0.396 e. The second-order valence-electron chi connectivity index (χ2n) is 9.21. The van der Waals surface area contributed by atoms with Gasteiger partial charge in [0.1, 0.15) is 0 Å². The van der Waals surface area contributed by atoms with Crippen LogP contribution in [0.3, 0.4) is 0 Å². The molecule has 0 bridgehead atoms. The fourth-order valence-corrected chi connectivity index (χ4v) is 5.50. The molecule has 2 aromatic heterocycles. The molecule has 5 rings (SSSR count). The Morgan fingerprint density at radius 2 is 1.59 bits per heavy atom. The van der Waals surface area contributed by atoms with Gasteiger partial charge in [0.15, 0.2) is 16.8 Å². The van der Waals surface area contributed by atoms with Crippen LogP contribution in [0.1, 0.15) is 35.7 Å². The maximum absolute atomic E-state index is 9.49. The summed E-state index contributed by atoms with van der Waals surface area (Å²) in [4.78, 5) is 16.6. The molecule has 34 heavy (non-hydrogen) atoms. The Morgan fingerprint density at radius 3 is 2.15 bits per heavy atom. The SMILES string of the molecule is Cc1[nH]nc(Cl)c1C(c1ccccc1)N1CCN(c2nccnc2N2CCC(CO)CC2)CC1. The zero-order valence-electron chi connectivity index (χ0n) is 19.6. The van der Waals surface area contributed by atoms with Crippen molar-refractivity contribution < 1.29 is 5.11 Å². The molecule has 9 heteroatoms. The van der Waals surface area contributed by atoms with Crippen molar-refractivity contribution in [2.24, 2.45) is 5.92 Å². The molecule has 1 unspecified atom stereocenters. The maximum Gasteiger partial charge on any atom is 0.172 e. The third-order valence-corrected chi connectivity index (χ3v) is 7.44. The van der Waals surface area contributed by atoms with Crippen molar-refractivity contribution in [2.75, 3.05) is 55.7 Å². The number of piperazine rings is 1. The van der Waals surface area contributed by atoms with E-state index in [0.717, 1.165) is 75.0 Å². The highest BCUT2D eigenvalue weighted by Gasteiger charge is 2.32. The third kappa shape index (κ3) is 4.62. The maximum atomic E-state index is 9.49. The highest BCUT2D eigenvalue weighted by Crippen LogP contribution is 2.36. The van der Waals surface area contributed by atoms with E-state index in [1.54, 1.807) is 12.4 Å². The van der Waals surface area contributed by atoms with Crippen LogP contribution in [0.4, 0.5) is 11.6 Å². The zero-order chi connectivity index (χ0) is 23.5. The van der Waals surface area contributed by atoms with Crippen LogP contribution in [-0.2, 0) is 0 Å². The standard InChI is InChI=1S/C25H32ClN7O/c1-18-21(23(26)30-29-18)22(20-5-3-2-4-6-20)31-13-15-33(16-14-31)25-24(27-9-10-28-25)32-11-7-19(17-34)8-12-32/h2-6,9-10,19,22,34H,7-8,11-17H2,1H3,(H,29,30). The van der Waals surface area contributed by atoms with Gasteiger partial charge in [-0.2, -0.15) is 5.10 Å². The number of benzene rings is 1. The van der Waals surface area contributed by atoms with Gasteiger partial charge in [0.25, 0.3) is 0 Å². The van der Waals surface area contributed by atoms with E-state index in [1.165, 1.54) is 5.56 Å². The number of piperidine rings is 1. The number of anilines is 2. The number of aryl methyl sites for hydroxylation is 1. The minimum Gasteiger partial charge on any atom is -0.396 e. The first-order valence-corrected chi connectivity index (χ1v) is 12.4. The van der Waals surface area contributed by atoms with Crippen LogP contribution in [0.25, 0.3) is 0 Å². The number of aliphatic hydroxyl groups is 1. The molecule has 0 saturated carbocycles. The minimum absolute atomic E-state index is 0.0495. The zero-order valence-corrected chi connectivity index (χ0v) is 20.3. The molecule has 3 aromatic rings. The van der Waals surface area contributed by atoms with E-state index in [9.17, 15) is 5.11 Å². The van der Waals surface area contributed by atoms with E-state index in [4.69, 9.17) is 21.6 Å². The summed E-state index contributed by atoms with van der Waals surface area (Å²) in [7, 11) is 0. The second kappa shape index (κ2) is 10.3. The van der Waals surface area contributed by atoms with Gasteiger partial charge in [0, 0.05) is 69.5 Å². The highest BCUT2D eigenvalue weighted by atomic mass is 35.5. The lowest BCUT2D eigenvalue weighted by Crippen LogP contribution is -2.49. The Labute approximate surface area is 205 Å². The quantitative estimate of drug-likeness (QED) is 0.558. The van der Waals surface area contributed by atoms with Crippen LogP contribution in [0.5, 0.6) is 0 Å². The van der Waals surface area contributed by atoms with Crippen LogP contribution >= 0.6 is 11.6 Å². The number of H-pyrrole nitrogens is 1. The Morgan fingerprint density at radius 1 is 0.971 bits per heavy atom. The average molecular weight is 482 g/mol. The van der Waals surface area contributed by atoms with Crippen LogP contribution < -0.4 is 9.80 Å². The Hall–Kier alpha value is -2.68. The predicted octanol–water partition coefficient (Wildman–Crippen LogP) is 3.28. The highest BCUT2D eigenvalue weighted by molar-refractivity contribution is 6.30. The van der Waals surface area contributed by atoms with E-state index < -0.39 is 0 Å². The lowest BCUT2D eigenvalue weighted by Gasteiger charge is -2.41. The number of hydrogen-bond donors (Lipinski definition) is 2. The van der Waals surface area contributed by atoms with Gasteiger partial charge in [-0.1, -0.05) is 41.9 Å². The molecule has 2 fully saturated rings. The van der Waals surface area contributed by atoms with Gasteiger partial charge in [0.2, 0.25) is 0 Å². The number of hydrogen-bond acceptors (Lipinski definition) is 7. The summed E-state index contributed by atoms with van der Waals surface area (Å²) in [5, 5.41) is 17.3. The molecule has 0 aliphatic carbocycles. The molecule has 180 valence electrons. The van der Waals surface area contributed by atoms with E-state index in [0.29, 0.717) is 11.1 Å². The molecule has 2 N–H and O–H groups in total. The van der Waals surface area contributed by atoms with Crippen molar-refractivity contribution in [1.29, 1.82) is 0 Å². The Bertz CT molecular complexity index is 1060. The van der Waals surface area contributed by atoms with Crippen molar-refractivity contribution in [2.45, 2.75) is 25.8 Å². The number of nitrogens with zero attached hydrogens (tertiary/aromatic N) is 6. The molecular formula is C25H32ClN7O. The van der Waals surface area contributed by atoms with Gasteiger partial charge in [-0.15, -0.1) is 0 Å². The van der Waals surface area contributed by atoms with Crippen LogP contribution in [-0.4, -0.2) is 76.0 Å². The summed E-state index contributed by atoms with van der Waals surface area (Å²) >= 11 is 6.54. The smallest absolute Gasteiger partial charge is 0.172 e. The fraction of sp³-hybridized carbons (Fsp3) is 0.480. The second-order valence-corrected chi connectivity index (χ2v) is 9.56. The third-order valence-electron chi connectivity index (χ3n) is 7.15. The van der Waals surface area contributed by atoms with E-state index in [1.807, 2.05) is 13.0 Å². The van der Waals surface area contributed by atoms with Crippen LogP contribution in [0.15, 0.2) is 42.7 Å². The molecule has 0 spiro atoms. The average Bonchev–Trinajstić information content (AvgIpc) is 3.23. The van der Waals surface area contributed by atoms with Gasteiger partial charge < -0.3 is 14.9 Å². The lowest BCUT2D eigenvalue weighted by atomic mass is 9.97. The van der Waals surface area contributed by atoms with Gasteiger partial charge >= 0.3 is 0 Å². The lowest BCUT2D eigenvalue weighted by molar-refractivity contribution is 0.202. The van der Waals surface area contributed by atoms with Crippen molar-refractivity contribution in [3.05, 3.63) is 64.7 Å². The molecule has 2 aliphatic heterocycles. The predicted molar refractivity (Wildman–Crippen MR) is 134 cm³/mol. The number of rotatable bonds is 6. The summed E-state index contributed by atoms with van der Waals surface area (Å²) in [6.45, 7) is 7.59. The molecule has 0 amide bonds. The molecule has 2 saturated heterocycles. The summed E-state index contributed by atoms with van der Waals surface area (Å²) in [6.07, 6.45) is 5.54. The summed E-state index contributed by atoms with van der Waals surface area (Å²) in [5.41, 5.74) is 3.27. The van der Waals surface area contributed by atoms with E-state index >= 15 is 0 Å². The van der Waals surface area contributed by atoms with Gasteiger partial charge in [-0.25, -0.2) is 9.97 Å². The van der Waals surface area contributed by atoms with Crippen molar-refractivity contribution in [3.8, 4) is 0 Å². The number of aromatic amines is 1. The molecule has 1 aromatic carbocycles. The number of nitrogens with one attached hydrogen (secondary N) is 1. The summed E-state index contributed by atoms with van der Waals surface area (Å²) < 4.78 is 0. The Balaban J connectivity index is 1.35. The first-order valence-electron chi connectivity index (χ1n) is 12.1. The normalized spacial score (nSPS) is 18.9. The molecule has 8 nitrogen and oxygen atoms in total. The number of halogens is 1. The monoisotopic (exact) mass is 481 g/mol. The van der Waals surface area contributed by atoms with Crippen LogP contribution in [0, 0.1) is 12.8 Å². The van der Waals surface area contributed by atoms with Gasteiger partial charge in [-0.3, -0.25) is 10.00 Å². The first kappa shape index (κ1) is 23.1. The number of aromatic nitrogens is 4. The van der Waals surface area contributed by atoms with E-state index in [-0.39, 0.29) is 12.6 Å². The van der Waals surface area contributed by atoms with Gasteiger partial charge in [-0.05, 0) is 31.2 Å². The fourth-order valence-electron chi connectivity index (χ4n) is 5.21. The molecule has 1 atom stereocenters. The molecule has 4 heterocycles. The molecular weight excluding hydrogens is 450 g/mol. The summed E-state index contributed by atoms with van der Waals surface area (Å²) in [6, 6.07) is 10.6. The molecule has 2 aliphatic rings. The van der Waals surface area contributed by atoms with Gasteiger partial charge in [0.05, 0.1) is 6.04 Å². The topological polar surface area (TPSA) is 84.4 Å². The summed E-state index contributed by atoms with van der Waals surface area (Å²) in [5.74, 6) is 2.31. The van der Waals surface area contributed by atoms with Crippen molar-refractivity contribution in [1.82, 2.24) is 25.1 Å². The van der Waals surface area contributed by atoms with Crippen molar-refractivity contribution in [3.63, 3.8) is 0 Å². The Kier molecular flexibility index (Phi) is 6.99. The van der Waals surface area contributed by atoms with E-state index in [2.05, 4.69) is 49.2 Å². The van der Waals surface area contributed by atoms with Crippen LogP contribution in [0.2, 0.25) is 5.15 Å². The first-order chi connectivity index (χ1) is 16.7. The minimum atomic E-state index is 0.0495. The number of aliphatic hydroxyl groups excluding tert-OH is 1.